The number of carbonyl (C=O) groups is 2. The molecule has 1 fully saturated rings. The van der Waals surface area contributed by atoms with Crippen LogP contribution in [0.3, 0.4) is 0 Å². The molecule has 40 heavy (non-hydrogen) atoms. The number of nitrogens with zero attached hydrogens (tertiary/aromatic N) is 1. The monoisotopic (exact) mass is 588 g/mol. The molecule has 7 nitrogen and oxygen atoms in total. The standard InChI is InChI=1S/C28H23F3N2O5S2/c1-3-37-21-10-8-20(9-11-21)33-26(35)24(40-27(33)39)14-17-7-12-22(23(13-17)36-2)38-16-25(34)32-19-6-4-5-18(15-19)28(29,30)31/h4-15H,3,16H2,1-2H3,(H,32,34)/b24-14-. The third kappa shape index (κ3) is 6.93. The van der Waals surface area contributed by atoms with Crippen LogP contribution in [0.1, 0.15) is 18.1 Å². The Bertz CT molecular complexity index is 1460. The first-order valence-electron chi connectivity index (χ1n) is 11.9. The third-order valence-corrected chi connectivity index (χ3v) is 6.82. The summed E-state index contributed by atoms with van der Waals surface area (Å²) in [6, 6.07) is 16.2. The van der Waals surface area contributed by atoms with Crippen molar-refractivity contribution in [3.05, 3.63) is 82.8 Å². The zero-order valence-electron chi connectivity index (χ0n) is 21.3. The van der Waals surface area contributed by atoms with Crippen molar-refractivity contribution in [3.8, 4) is 17.2 Å². The second-order valence-electron chi connectivity index (χ2n) is 8.27. The highest BCUT2D eigenvalue weighted by atomic mass is 32.2. The van der Waals surface area contributed by atoms with Gasteiger partial charge in [-0.15, -0.1) is 0 Å². The van der Waals surface area contributed by atoms with Gasteiger partial charge in [-0.25, -0.2) is 0 Å². The molecule has 0 aromatic heterocycles. The molecule has 0 unspecified atom stereocenters. The number of alkyl halides is 3. The van der Waals surface area contributed by atoms with Gasteiger partial charge >= 0.3 is 6.18 Å². The van der Waals surface area contributed by atoms with Crippen LogP contribution in [0.2, 0.25) is 0 Å². The van der Waals surface area contributed by atoms with E-state index in [0.29, 0.717) is 38.6 Å². The number of nitrogens with one attached hydrogen (secondary N) is 1. The molecular weight excluding hydrogens is 565 g/mol. The largest absolute Gasteiger partial charge is 0.494 e. The Labute approximate surface area is 237 Å². The average Bonchev–Trinajstić information content (AvgIpc) is 3.20. The van der Waals surface area contributed by atoms with Gasteiger partial charge in [0.1, 0.15) is 5.75 Å². The number of halogens is 3. The Morgan fingerprint density at radius 3 is 2.48 bits per heavy atom. The molecule has 208 valence electrons. The van der Waals surface area contributed by atoms with Crippen molar-refractivity contribution in [1.82, 2.24) is 0 Å². The lowest BCUT2D eigenvalue weighted by Gasteiger charge is -2.15. The van der Waals surface area contributed by atoms with E-state index in [0.717, 1.165) is 23.9 Å². The summed E-state index contributed by atoms with van der Waals surface area (Å²) in [5, 5.41) is 2.38. The molecular formula is C28H23F3N2O5S2. The minimum atomic E-state index is -4.53. The van der Waals surface area contributed by atoms with Crippen molar-refractivity contribution in [2.45, 2.75) is 13.1 Å². The first-order chi connectivity index (χ1) is 19.1. The lowest BCUT2D eigenvalue weighted by molar-refractivity contribution is -0.137. The Kier molecular flexibility index (Phi) is 9.00. The van der Waals surface area contributed by atoms with Crippen LogP contribution in [0, 0.1) is 0 Å². The van der Waals surface area contributed by atoms with Gasteiger partial charge < -0.3 is 19.5 Å². The van der Waals surface area contributed by atoms with Gasteiger partial charge in [0.05, 0.1) is 29.9 Å². The highest BCUT2D eigenvalue weighted by Crippen LogP contribution is 2.38. The lowest BCUT2D eigenvalue weighted by Crippen LogP contribution is -2.27. The van der Waals surface area contributed by atoms with Gasteiger partial charge in [-0.05, 0) is 73.2 Å². The van der Waals surface area contributed by atoms with E-state index >= 15 is 0 Å². The highest BCUT2D eigenvalue weighted by molar-refractivity contribution is 8.27. The van der Waals surface area contributed by atoms with E-state index in [1.807, 2.05) is 6.92 Å². The van der Waals surface area contributed by atoms with Gasteiger partial charge in [-0.1, -0.05) is 36.1 Å². The van der Waals surface area contributed by atoms with E-state index in [9.17, 15) is 22.8 Å². The maximum atomic E-state index is 13.1. The topological polar surface area (TPSA) is 77.1 Å². The number of amides is 2. The fourth-order valence-corrected chi connectivity index (χ4v) is 5.01. The summed E-state index contributed by atoms with van der Waals surface area (Å²) in [5.74, 6) is 0.297. The van der Waals surface area contributed by atoms with E-state index < -0.39 is 24.3 Å². The first kappa shape index (κ1) is 29.0. The van der Waals surface area contributed by atoms with Crippen LogP contribution in [0.25, 0.3) is 6.08 Å². The Morgan fingerprint density at radius 2 is 1.80 bits per heavy atom. The van der Waals surface area contributed by atoms with Gasteiger partial charge in [0, 0.05) is 5.69 Å². The molecule has 0 bridgehead atoms. The number of ether oxygens (including phenoxy) is 3. The predicted octanol–water partition coefficient (Wildman–Crippen LogP) is 6.54. The van der Waals surface area contributed by atoms with Crippen LogP contribution in [-0.2, 0) is 15.8 Å². The van der Waals surface area contributed by atoms with Gasteiger partial charge in [-0.3, -0.25) is 14.5 Å². The van der Waals surface area contributed by atoms with E-state index in [1.165, 1.54) is 24.1 Å². The van der Waals surface area contributed by atoms with Crippen molar-refractivity contribution in [1.29, 1.82) is 0 Å². The summed E-state index contributed by atoms with van der Waals surface area (Å²) in [7, 11) is 1.42. The number of carbonyl (C=O) groups excluding carboxylic acids is 2. The Morgan fingerprint density at radius 1 is 1.05 bits per heavy atom. The van der Waals surface area contributed by atoms with Crippen LogP contribution in [0.5, 0.6) is 17.2 Å². The predicted molar refractivity (Wildman–Crippen MR) is 152 cm³/mol. The number of hydrogen-bond acceptors (Lipinski definition) is 7. The van der Waals surface area contributed by atoms with Crippen LogP contribution < -0.4 is 24.4 Å². The number of benzene rings is 3. The van der Waals surface area contributed by atoms with Crippen molar-refractivity contribution in [2.24, 2.45) is 0 Å². The smallest absolute Gasteiger partial charge is 0.416 e. The number of anilines is 2. The normalized spacial score (nSPS) is 14.4. The van der Waals surface area contributed by atoms with Crippen LogP contribution >= 0.6 is 24.0 Å². The van der Waals surface area contributed by atoms with E-state index in [4.69, 9.17) is 26.4 Å². The van der Waals surface area contributed by atoms with Crippen molar-refractivity contribution in [3.63, 3.8) is 0 Å². The molecule has 0 saturated carbocycles. The number of rotatable bonds is 9. The summed E-state index contributed by atoms with van der Waals surface area (Å²) in [5.41, 5.74) is 0.372. The fraction of sp³-hybridized carbons (Fsp3) is 0.179. The number of methoxy groups -OCH3 is 1. The van der Waals surface area contributed by atoms with E-state index in [1.54, 1.807) is 48.5 Å². The lowest BCUT2D eigenvalue weighted by atomic mass is 10.1. The molecule has 0 radical (unpaired) electrons. The molecule has 0 atom stereocenters. The van der Waals surface area contributed by atoms with Crippen LogP contribution in [0.15, 0.2) is 71.6 Å². The maximum Gasteiger partial charge on any atom is 0.416 e. The molecule has 1 aliphatic rings. The Balaban J connectivity index is 1.42. The molecule has 3 aromatic rings. The molecule has 1 aliphatic heterocycles. The van der Waals surface area contributed by atoms with E-state index in [-0.39, 0.29) is 17.3 Å². The van der Waals surface area contributed by atoms with Crippen molar-refractivity contribution >= 4 is 57.6 Å². The van der Waals surface area contributed by atoms with Crippen LogP contribution in [-0.4, -0.2) is 36.5 Å². The third-order valence-electron chi connectivity index (χ3n) is 5.52. The summed E-state index contributed by atoms with van der Waals surface area (Å²) in [6.07, 6.45) is -2.86. The second-order valence-corrected chi connectivity index (χ2v) is 9.95. The molecule has 4 rings (SSSR count). The average molecular weight is 589 g/mol. The molecule has 12 heteroatoms. The maximum absolute atomic E-state index is 13.1. The van der Waals surface area contributed by atoms with Crippen molar-refractivity contribution < 1.29 is 37.0 Å². The summed E-state index contributed by atoms with van der Waals surface area (Å²) in [6.45, 7) is 1.95. The van der Waals surface area contributed by atoms with Crippen LogP contribution in [0.4, 0.5) is 24.5 Å². The zero-order valence-corrected chi connectivity index (χ0v) is 22.9. The van der Waals surface area contributed by atoms with Gasteiger partial charge in [0.15, 0.2) is 22.4 Å². The number of thioether (sulfide) groups is 1. The molecule has 0 aliphatic carbocycles. The zero-order chi connectivity index (χ0) is 28.9. The number of thiocarbonyl (C=S) groups is 1. The molecule has 3 aromatic carbocycles. The molecule has 1 saturated heterocycles. The number of hydrogen-bond donors (Lipinski definition) is 1. The molecule has 1 heterocycles. The molecule has 1 N–H and O–H groups in total. The van der Waals surface area contributed by atoms with Gasteiger partial charge in [0.25, 0.3) is 11.8 Å². The second kappa shape index (κ2) is 12.4. The van der Waals surface area contributed by atoms with Gasteiger partial charge in [0.2, 0.25) is 0 Å². The van der Waals surface area contributed by atoms with Gasteiger partial charge in [-0.2, -0.15) is 13.2 Å². The Hall–Kier alpha value is -4.03. The van der Waals surface area contributed by atoms with Crippen molar-refractivity contribution in [2.75, 3.05) is 30.5 Å². The summed E-state index contributed by atoms with van der Waals surface area (Å²) in [4.78, 5) is 27.2. The minimum absolute atomic E-state index is 0.00622. The minimum Gasteiger partial charge on any atom is -0.494 e. The molecule has 2 amide bonds. The fourth-order valence-electron chi connectivity index (χ4n) is 3.71. The summed E-state index contributed by atoms with van der Waals surface area (Å²) < 4.78 is 55.5. The van der Waals surface area contributed by atoms with E-state index in [2.05, 4.69) is 5.32 Å². The quantitative estimate of drug-likeness (QED) is 0.225. The summed E-state index contributed by atoms with van der Waals surface area (Å²) >= 11 is 6.60. The highest BCUT2D eigenvalue weighted by Gasteiger charge is 2.33. The first-order valence-corrected chi connectivity index (χ1v) is 13.1. The molecule has 0 spiro atoms. The SMILES string of the molecule is CCOc1ccc(N2C(=O)/C(=C/c3ccc(OCC(=O)Nc4cccc(C(F)(F)F)c4)c(OC)c3)SC2=S)cc1.